The maximum Gasteiger partial charge on any atom is 0.325 e. The molecule has 0 bridgehead atoms. The van der Waals surface area contributed by atoms with E-state index in [0.717, 1.165) is 29.7 Å². The van der Waals surface area contributed by atoms with Crippen LogP contribution in [0.3, 0.4) is 0 Å². The van der Waals surface area contributed by atoms with E-state index < -0.39 is 17.5 Å². The molecular formula is C19H28N4O3. The van der Waals surface area contributed by atoms with Gasteiger partial charge in [0.05, 0.1) is 0 Å². The number of hydrogen-bond donors (Lipinski definition) is 3. The van der Waals surface area contributed by atoms with Crippen LogP contribution in [0.5, 0.6) is 0 Å². The van der Waals surface area contributed by atoms with Crippen molar-refractivity contribution in [3.05, 3.63) is 35.4 Å². The highest BCUT2D eigenvalue weighted by molar-refractivity contribution is 6.09. The molecule has 2 unspecified atom stereocenters. The lowest BCUT2D eigenvalue weighted by Gasteiger charge is -2.23. The van der Waals surface area contributed by atoms with Crippen LogP contribution in [0.25, 0.3) is 0 Å². The van der Waals surface area contributed by atoms with Crippen molar-refractivity contribution in [3.8, 4) is 0 Å². The number of rotatable bonds is 8. The second-order valence-corrected chi connectivity index (χ2v) is 6.95. The third-order valence-electron chi connectivity index (χ3n) is 4.76. The Morgan fingerprint density at radius 2 is 1.96 bits per heavy atom. The molecule has 2 atom stereocenters. The standard InChI is InChI=1S/C19H28N4O3/c1-4-5-6-15(11-20)21-16(24)12-23-17(25)19(3,22-18(23)26)14-9-7-13(2)8-10-14/h7-10,15H,4-6,11-12,20H2,1-3H3,(H,21,24)(H,22,26). The molecule has 1 aliphatic heterocycles. The summed E-state index contributed by atoms with van der Waals surface area (Å²) < 4.78 is 0. The third-order valence-corrected chi connectivity index (χ3v) is 4.76. The maximum absolute atomic E-state index is 12.8. The topological polar surface area (TPSA) is 105 Å². The van der Waals surface area contributed by atoms with Gasteiger partial charge in [0.25, 0.3) is 5.91 Å². The second-order valence-electron chi connectivity index (χ2n) is 6.95. The summed E-state index contributed by atoms with van der Waals surface area (Å²) in [6, 6.07) is 6.68. The summed E-state index contributed by atoms with van der Waals surface area (Å²) in [4.78, 5) is 38.4. The van der Waals surface area contributed by atoms with Crippen LogP contribution < -0.4 is 16.4 Å². The van der Waals surface area contributed by atoms with Gasteiger partial charge in [0.15, 0.2) is 0 Å². The Morgan fingerprint density at radius 1 is 1.31 bits per heavy atom. The van der Waals surface area contributed by atoms with E-state index >= 15 is 0 Å². The lowest BCUT2D eigenvalue weighted by molar-refractivity contribution is -0.135. The molecule has 7 heteroatoms. The number of benzene rings is 1. The summed E-state index contributed by atoms with van der Waals surface area (Å²) in [6.45, 7) is 5.68. The number of unbranched alkanes of at least 4 members (excludes halogenated alkanes) is 1. The first-order chi connectivity index (χ1) is 12.3. The summed E-state index contributed by atoms with van der Waals surface area (Å²) in [5.41, 5.74) is 6.26. The number of carbonyl (C=O) groups excluding carboxylic acids is 3. The van der Waals surface area contributed by atoms with Crippen LogP contribution in [0, 0.1) is 6.92 Å². The molecule has 1 fully saturated rings. The van der Waals surface area contributed by atoms with Crippen molar-refractivity contribution in [3.63, 3.8) is 0 Å². The Bertz CT molecular complexity index is 674. The van der Waals surface area contributed by atoms with Gasteiger partial charge in [-0.1, -0.05) is 49.6 Å². The van der Waals surface area contributed by atoms with Gasteiger partial charge in [0.1, 0.15) is 12.1 Å². The molecule has 1 saturated heterocycles. The number of aryl methyl sites for hydroxylation is 1. The highest BCUT2D eigenvalue weighted by Crippen LogP contribution is 2.28. The van der Waals surface area contributed by atoms with Crippen LogP contribution in [0.2, 0.25) is 0 Å². The summed E-state index contributed by atoms with van der Waals surface area (Å²) in [5, 5.41) is 5.51. The van der Waals surface area contributed by atoms with Crippen molar-refractivity contribution in [2.45, 2.75) is 51.6 Å². The SMILES string of the molecule is CCCCC(CN)NC(=O)CN1C(=O)NC(C)(c2ccc(C)cc2)C1=O. The zero-order valence-electron chi connectivity index (χ0n) is 15.7. The zero-order valence-corrected chi connectivity index (χ0v) is 15.7. The second kappa shape index (κ2) is 8.31. The zero-order chi connectivity index (χ0) is 19.3. The molecule has 4 N–H and O–H groups in total. The van der Waals surface area contributed by atoms with Crippen LogP contribution >= 0.6 is 0 Å². The lowest BCUT2D eigenvalue weighted by atomic mass is 9.91. The van der Waals surface area contributed by atoms with Gasteiger partial charge in [-0.2, -0.15) is 0 Å². The predicted molar refractivity (Wildman–Crippen MR) is 99.3 cm³/mol. The number of carbonyl (C=O) groups is 3. The van der Waals surface area contributed by atoms with Gasteiger partial charge in [-0.15, -0.1) is 0 Å². The molecule has 4 amide bonds. The maximum atomic E-state index is 12.8. The van der Waals surface area contributed by atoms with Gasteiger partial charge in [-0.3, -0.25) is 14.5 Å². The molecule has 0 radical (unpaired) electrons. The van der Waals surface area contributed by atoms with Crippen LogP contribution in [-0.2, 0) is 15.1 Å². The van der Waals surface area contributed by atoms with Gasteiger partial charge < -0.3 is 16.4 Å². The van der Waals surface area contributed by atoms with E-state index in [1.54, 1.807) is 6.92 Å². The molecule has 1 aromatic carbocycles. The molecule has 2 rings (SSSR count). The van der Waals surface area contributed by atoms with E-state index in [2.05, 4.69) is 17.6 Å². The number of nitrogens with two attached hydrogens (primary N) is 1. The normalized spacial score (nSPS) is 20.8. The van der Waals surface area contributed by atoms with Crippen molar-refractivity contribution in [2.24, 2.45) is 5.73 Å². The number of nitrogens with one attached hydrogen (secondary N) is 2. The predicted octanol–water partition coefficient (Wildman–Crippen LogP) is 1.40. The minimum absolute atomic E-state index is 0.147. The van der Waals surface area contributed by atoms with Crippen LogP contribution in [0.15, 0.2) is 24.3 Å². The van der Waals surface area contributed by atoms with Crippen molar-refractivity contribution < 1.29 is 14.4 Å². The molecular weight excluding hydrogens is 332 g/mol. The van der Waals surface area contributed by atoms with Gasteiger partial charge in [-0.05, 0) is 25.8 Å². The highest BCUT2D eigenvalue weighted by Gasteiger charge is 2.49. The number of amides is 4. The Balaban J connectivity index is 2.06. The number of imide groups is 1. The summed E-state index contributed by atoms with van der Waals surface area (Å²) in [6.07, 6.45) is 2.74. The van der Waals surface area contributed by atoms with E-state index in [9.17, 15) is 14.4 Å². The lowest BCUT2D eigenvalue weighted by Crippen LogP contribution is -2.47. The highest BCUT2D eigenvalue weighted by atomic mass is 16.2. The van der Waals surface area contributed by atoms with Crippen LogP contribution in [0.4, 0.5) is 4.79 Å². The first kappa shape index (κ1) is 19.9. The minimum atomic E-state index is -1.17. The molecule has 0 aliphatic carbocycles. The molecule has 1 aromatic rings. The van der Waals surface area contributed by atoms with Gasteiger partial charge >= 0.3 is 6.03 Å². The van der Waals surface area contributed by atoms with Crippen molar-refractivity contribution in [1.82, 2.24) is 15.5 Å². The molecule has 1 heterocycles. The average Bonchev–Trinajstić information content (AvgIpc) is 2.83. The van der Waals surface area contributed by atoms with Gasteiger partial charge in [-0.25, -0.2) is 4.79 Å². The summed E-state index contributed by atoms with van der Waals surface area (Å²) in [5.74, 6) is -0.812. The number of nitrogens with zero attached hydrogens (tertiary/aromatic N) is 1. The Morgan fingerprint density at radius 3 is 2.54 bits per heavy atom. The first-order valence-corrected chi connectivity index (χ1v) is 9.02. The fraction of sp³-hybridized carbons (Fsp3) is 0.526. The van der Waals surface area contributed by atoms with E-state index in [-0.39, 0.29) is 18.5 Å². The molecule has 0 aromatic heterocycles. The molecule has 26 heavy (non-hydrogen) atoms. The molecule has 0 spiro atoms. The fourth-order valence-corrected chi connectivity index (χ4v) is 3.04. The van der Waals surface area contributed by atoms with Crippen molar-refractivity contribution in [2.75, 3.05) is 13.1 Å². The first-order valence-electron chi connectivity index (χ1n) is 9.02. The van der Waals surface area contributed by atoms with Crippen molar-refractivity contribution >= 4 is 17.8 Å². The van der Waals surface area contributed by atoms with E-state index in [0.29, 0.717) is 12.1 Å². The Kier molecular flexibility index (Phi) is 6.37. The van der Waals surface area contributed by atoms with Crippen LogP contribution in [0.1, 0.15) is 44.2 Å². The Hall–Kier alpha value is -2.41. The third kappa shape index (κ3) is 4.22. The van der Waals surface area contributed by atoms with Gasteiger partial charge in [0.2, 0.25) is 5.91 Å². The van der Waals surface area contributed by atoms with Crippen LogP contribution in [-0.4, -0.2) is 41.9 Å². The van der Waals surface area contributed by atoms with Crippen molar-refractivity contribution in [1.29, 1.82) is 0 Å². The summed E-state index contributed by atoms with van der Waals surface area (Å²) in [7, 11) is 0. The average molecular weight is 360 g/mol. The summed E-state index contributed by atoms with van der Waals surface area (Å²) >= 11 is 0. The van der Waals surface area contributed by atoms with E-state index in [1.165, 1.54) is 0 Å². The quantitative estimate of drug-likeness (QED) is 0.609. The smallest absolute Gasteiger partial charge is 0.325 e. The monoisotopic (exact) mass is 360 g/mol. The fourth-order valence-electron chi connectivity index (χ4n) is 3.04. The molecule has 0 saturated carbocycles. The number of hydrogen-bond acceptors (Lipinski definition) is 4. The Labute approximate surface area is 154 Å². The van der Waals surface area contributed by atoms with E-state index in [4.69, 9.17) is 5.73 Å². The molecule has 7 nitrogen and oxygen atoms in total. The van der Waals surface area contributed by atoms with Gasteiger partial charge in [0, 0.05) is 12.6 Å². The largest absolute Gasteiger partial charge is 0.351 e. The molecule has 142 valence electrons. The molecule has 1 aliphatic rings. The number of urea groups is 1. The minimum Gasteiger partial charge on any atom is -0.351 e. The van der Waals surface area contributed by atoms with E-state index in [1.807, 2.05) is 31.2 Å².